The van der Waals surface area contributed by atoms with Crippen molar-refractivity contribution in [2.24, 2.45) is 0 Å². The largest absolute Gasteiger partial charge is 0.205 e. The van der Waals surface area contributed by atoms with E-state index in [0.717, 1.165) is 38.9 Å². The van der Waals surface area contributed by atoms with Crippen molar-refractivity contribution in [1.29, 1.82) is 0 Å². The molecule has 0 aliphatic heterocycles. The molecule has 0 spiro atoms. The van der Waals surface area contributed by atoms with E-state index in [1.165, 1.54) is 0 Å². The highest BCUT2D eigenvalue weighted by Crippen LogP contribution is 2.43. The summed E-state index contributed by atoms with van der Waals surface area (Å²) < 4.78 is 1.99. The number of hydrogen-bond acceptors (Lipinski definition) is 3. The Balaban J connectivity index is 1.68. The fraction of sp³-hybridized carbons (Fsp3) is 0.0606. The van der Waals surface area contributed by atoms with E-state index in [-0.39, 0.29) is 0 Å². The van der Waals surface area contributed by atoms with Crippen LogP contribution in [0.5, 0.6) is 0 Å². The second-order valence-electron chi connectivity index (χ2n) is 9.09. The zero-order valence-corrected chi connectivity index (χ0v) is 22.2. The standard InChI is InChI=1S/C33H25BrN4/c34-24-27-22-21-26(25-13-5-1-6-14-25)23-31(27)32-35-36-37-38(32)33(28-15-7-2-8-16-28,29-17-9-3-10-18-29)30-19-11-4-12-20-30/h1-23H,24H2. The SMILES string of the molecule is BrCc1ccc(-c2ccccc2)cc1-c1nnnn1C(c1ccccc1)(c1ccccc1)c1ccccc1. The van der Waals surface area contributed by atoms with Gasteiger partial charge in [0, 0.05) is 10.9 Å². The third-order valence-corrected chi connectivity index (χ3v) is 7.57. The Morgan fingerprint density at radius 2 is 1.08 bits per heavy atom. The molecule has 5 heteroatoms. The summed E-state index contributed by atoms with van der Waals surface area (Å²) >= 11 is 3.71. The second kappa shape index (κ2) is 10.6. The number of benzene rings is 5. The number of aromatic nitrogens is 4. The lowest BCUT2D eigenvalue weighted by Gasteiger charge is -2.36. The van der Waals surface area contributed by atoms with Gasteiger partial charge in [-0.15, -0.1) is 5.10 Å². The Labute approximate surface area is 230 Å². The predicted molar refractivity (Wildman–Crippen MR) is 156 cm³/mol. The van der Waals surface area contributed by atoms with Gasteiger partial charge in [0.15, 0.2) is 5.82 Å². The van der Waals surface area contributed by atoms with Gasteiger partial charge in [0.05, 0.1) is 0 Å². The van der Waals surface area contributed by atoms with Crippen molar-refractivity contribution in [3.8, 4) is 22.5 Å². The minimum absolute atomic E-state index is 0.680. The van der Waals surface area contributed by atoms with Crippen molar-refractivity contribution in [2.45, 2.75) is 10.9 Å². The van der Waals surface area contributed by atoms with Crippen LogP contribution in [0.2, 0.25) is 0 Å². The lowest BCUT2D eigenvalue weighted by atomic mass is 9.77. The predicted octanol–water partition coefficient (Wildman–Crippen LogP) is 7.74. The van der Waals surface area contributed by atoms with Gasteiger partial charge < -0.3 is 0 Å². The smallest absolute Gasteiger partial charge is 0.183 e. The van der Waals surface area contributed by atoms with Crippen LogP contribution in [-0.4, -0.2) is 20.2 Å². The molecule has 0 amide bonds. The molecule has 0 bridgehead atoms. The van der Waals surface area contributed by atoms with Crippen molar-refractivity contribution < 1.29 is 0 Å². The highest BCUT2D eigenvalue weighted by atomic mass is 79.9. The van der Waals surface area contributed by atoms with E-state index in [1.807, 2.05) is 28.9 Å². The molecule has 0 saturated heterocycles. The van der Waals surface area contributed by atoms with Gasteiger partial charge in [-0.3, -0.25) is 0 Å². The fourth-order valence-corrected chi connectivity index (χ4v) is 5.69. The van der Waals surface area contributed by atoms with Crippen molar-refractivity contribution in [3.05, 3.63) is 162 Å². The van der Waals surface area contributed by atoms with Crippen LogP contribution >= 0.6 is 15.9 Å². The van der Waals surface area contributed by atoms with Crippen LogP contribution in [0.4, 0.5) is 0 Å². The molecule has 184 valence electrons. The molecule has 0 N–H and O–H groups in total. The zero-order chi connectivity index (χ0) is 25.8. The average molecular weight is 557 g/mol. The number of rotatable bonds is 7. The van der Waals surface area contributed by atoms with Crippen molar-refractivity contribution in [1.82, 2.24) is 20.2 Å². The summed E-state index contributed by atoms with van der Waals surface area (Å²) in [6, 6.07) is 48.3. The van der Waals surface area contributed by atoms with E-state index >= 15 is 0 Å². The van der Waals surface area contributed by atoms with E-state index in [2.05, 4.69) is 142 Å². The number of nitrogens with zero attached hydrogens (tertiary/aromatic N) is 4. The van der Waals surface area contributed by atoms with Crippen LogP contribution < -0.4 is 0 Å². The van der Waals surface area contributed by atoms with E-state index in [1.54, 1.807) is 0 Å². The lowest BCUT2D eigenvalue weighted by molar-refractivity contribution is 0.451. The monoisotopic (exact) mass is 556 g/mol. The molecule has 6 rings (SSSR count). The van der Waals surface area contributed by atoms with Gasteiger partial charge >= 0.3 is 0 Å². The van der Waals surface area contributed by atoms with Crippen LogP contribution in [-0.2, 0) is 10.9 Å². The third kappa shape index (κ3) is 4.15. The number of tetrazole rings is 1. The lowest BCUT2D eigenvalue weighted by Crippen LogP contribution is -2.39. The van der Waals surface area contributed by atoms with Gasteiger partial charge in [0.1, 0.15) is 5.54 Å². The van der Waals surface area contributed by atoms with Gasteiger partial charge in [0.25, 0.3) is 0 Å². The zero-order valence-electron chi connectivity index (χ0n) is 20.7. The molecule has 0 fully saturated rings. The molecule has 0 atom stereocenters. The summed E-state index contributed by atoms with van der Waals surface area (Å²) in [4.78, 5) is 0. The molecule has 38 heavy (non-hydrogen) atoms. The molecule has 1 heterocycles. The molecule has 0 radical (unpaired) electrons. The summed E-state index contributed by atoms with van der Waals surface area (Å²) in [5.74, 6) is 0.703. The molecule has 0 aliphatic carbocycles. The maximum Gasteiger partial charge on any atom is 0.183 e. The molecule has 4 nitrogen and oxygen atoms in total. The van der Waals surface area contributed by atoms with E-state index in [4.69, 9.17) is 5.21 Å². The van der Waals surface area contributed by atoms with Crippen LogP contribution in [0.3, 0.4) is 0 Å². The van der Waals surface area contributed by atoms with Gasteiger partial charge in [-0.05, 0) is 49.9 Å². The van der Waals surface area contributed by atoms with Gasteiger partial charge in [0.2, 0.25) is 0 Å². The quantitative estimate of drug-likeness (QED) is 0.149. The fourth-order valence-electron chi connectivity index (χ4n) is 5.20. The molecule has 0 unspecified atom stereocenters. The Morgan fingerprint density at radius 3 is 1.58 bits per heavy atom. The highest BCUT2D eigenvalue weighted by Gasteiger charge is 2.42. The molecule has 5 aromatic carbocycles. The number of alkyl halides is 1. The molecule has 6 aromatic rings. The first kappa shape index (κ1) is 24.0. The highest BCUT2D eigenvalue weighted by molar-refractivity contribution is 9.08. The summed E-state index contributed by atoms with van der Waals surface area (Å²) in [7, 11) is 0. The topological polar surface area (TPSA) is 43.6 Å². The Hall–Kier alpha value is -4.35. The van der Waals surface area contributed by atoms with E-state index < -0.39 is 5.54 Å². The van der Waals surface area contributed by atoms with Gasteiger partial charge in [-0.2, -0.15) is 0 Å². The Morgan fingerprint density at radius 1 is 0.579 bits per heavy atom. The molecular formula is C33H25BrN4. The van der Waals surface area contributed by atoms with E-state index in [9.17, 15) is 0 Å². The van der Waals surface area contributed by atoms with Gasteiger partial charge in [-0.25, -0.2) is 4.68 Å². The normalized spacial score (nSPS) is 11.4. The summed E-state index contributed by atoms with van der Waals surface area (Å²) in [6.45, 7) is 0. The van der Waals surface area contributed by atoms with Crippen LogP contribution in [0.25, 0.3) is 22.5 Å². The first-order chi connectivity index (χ1) is 18.8. The average Bonchev–Trinajstić information content (AvgIpc) is 3.49. The summed E-state index contributed by atoms with van der Waals surface area (Å²) in [6.07, 6.45) is 0. The first-order valence-corrected chi connectivity index (χ1v) is 13.6. The molecule has 1 aromatic heterocycles. The van der Waals surface area contributed by atoms with Gasteiger partial charge in [-0.1, -0.05) is 149 Å². The summed E-state index contributed by atoms with van der Waals surface area (Å²) in [5, 5.41) is 14.3. The van der Waals surface area contributed by atoms with Crippen LogP contribution in [0.1, 0.15) is 22.3 Å². The van der Waals surface area contributed by atoms with Crippen molar-refractivity contribution in [3.63, 3.8) is 0 Å². The minimum Gasteiger partial charge on any atom is -0.205 e. The maximum atomic E-state index is 4.71. The van der Waals surface area contributed by atoms with Crippen molar-refractivity contribution in [2.75, 3.05) is 0 Å². The summed E-state index contributed by atoms with van der Waals surface area (Å²) in [5.41, 5.74) is 6.79. The number of hydrogen-bond donors (Lipinski definition) is 0. The number of halogens is 1. The Bertz CT molecular complexity index is 1540. The molecular weight excluding hydrogens is 532 g/mol. The second-order valence-corrected chi connectivity index (χ2v) is 9.66. The molecule has 0 saturated carbocycles. The van der Waals surface area contributed by atoms with Crippen molar-refractivity contribution >= 4 is 15.9 Å². The third-order valence-electron chi connectivity index (χ3n) is 6.96. The van der Waals surface area contributed by atoms with E-state index in [0.29, 0.717) is 11.2 Å². The first-order valence-electron chi connectivity index (χ1n) is 12.5. The van der Waals surface area contributed by atoms with Crippen LogP contribution in [0, 0.1) is 0 Å². The Kier molecular flexibility index (Phi) is 6.67. The van der Waals surface area contributed by atoms with Crippen LogP contribution in [0.15, 0.2) is 140 Å². The maximum absolute atomic E-state index is 4.71. The minimum atomic E-state index is -0.797. The molecule has 0 aliphatic rings.